The van der Waals surface area contributed by atoms with E-state index in [1.54, 1.807) is 4.90 Å². The third-order valence-electron chi connectivity index (χ3n) is 6.04. The van der Waals surface area contributed by atoms with Crippen LogP contribution in [0.1, 0.15) is 12.0 Å². The molecule has 6 nitrogen and oxygen atoms in total. The molecule has 0 N–H and O–H groups in total. The monoisotopic (exact) mass is 427 g/mol. The molecule has 0 radical (unpaired) electrons. The summed E-state index contributed by atoms with van der Waals surface area (Å²) in [6, 6.07) is 17.3. The van der Waals surface area contributed by atoms with Crippen LogP contribution < -0.4 is 9.80 Å². The lowest BCUT2D eigenvalue weighted by molar-refractivity contribution is -0.118. The minimum Gasteiger partial charge on any atom is -0.369 e. The molecule has 30 heavy (non-hydrogen) atoms. The van der Waals surface area contributed by atoms with Crippen LogP contribution in [-0.2, 0) is 21.1 Å². The first-order chi connectivity index (χ1) is 14.4. The molecule has 160 valence electrons. The maximum absolute atomic E-state index is 13.2. The molecule has 0 bridgehead atoms. The van der Waals surface area contributed by atoms with Gasteiger partial charge in [0.1, 0.15) is 0 Å². The van der Waals surface area contributed by atoms with Gasteiger partial charge in [0.05, 0.1) is 24.0 Å². The summed E-state index contributed by atoms with van der Waals surface area (Å²) in [4.78, 5) is 19.6. The number of benzene rings is 2. The van der Waals surface area contributed by atoms with Crippen molar-refractivity contribution in [3.63, 3.8) is 0 Å². The van der Waals surface area contributed by atoms with Gasteiger partial charge in [0.25, 0.3) is 0 Å². The fourth-order valence-electron chi connectivity index (χ4n) is 4.28. The summed E-state index contributed by atoms with van der Waals surface area (Å²) < 4.78 is 24.2. The summed E-state index contributed by atoms with van der Waals surface area (Å²) in [6.45, 7) is 4.02. The van der Waals surface area contributed by atoms with E-state index in [1.807, 2.05) is 54.6 Å². The smallest absolute Gasteiger partial charge is 0.231 e. The topological polar surface area (TPSA) is 60.9 Å². The highest BCUT2D eigenvalue weighted by atomic mass is 32.2. The van der Waals surface area contributed by atoms with Gasteiger partial charge in [-0.25, -0.2) is 8.42 Å². The molecule has 2 aromatic carbocycles. The van der Waals surface area contributed by atoms with Gasteiger partial charge in [-0.1, -0.05) is 30.3 Å². The second-order valence-corrected chi connectivity index (χ2v) is 10.5. The van der Waals surface area contributed by atoms with Gasteiger partial charge in [0, 0.05) is 37.6 Å². The lowest BCUT2D eigenvalue weighted by Crippen LogP contribution is -2.44. The van der Waals surface area contributed by atoms with Gasteiger partial charge in [0.15, 0.2) is 9.84 Å². The SMILES string of the molecule is CN1CCN(c2ccc(N(C(=O)Cc3ccccc3)C3CCS(=O)(=O)C3)cc2)CC1. The molecule has 2 fully saturated rings. The van der Waals surface area contributed by atoms with Crippen molar-refractivity contribution in [2.24, 2.45) is 0 Å². The normalized spacial score (nSPS) is 21.5. The zero-order valence-electron chi connectivity index (χ0n) is 17.4. The van der Waals surface area contributed by atoms with Crippen LogP contribution in [-0.4, -0.2) is 70.0 Å². The van der Waals surface area contributed by atoms with E-state index < -0.39 is 9.84 Å². The first-order valence-corrected chi connectivity index (χ1v) is 12.3. The van der Waals surface area contributed by atoms with Crippen LogP contribution in [0.5, 0.6) is 0 Å². The highest BCUT2D eigenvalue weighted by molar-refractivity contribution is 7.91. The molecule has 2 aromatic rings. The minimum absolute atomic E-state index is 0.0355. The van der Waals surface area contributed by atoms with E-state index in [2.05, 4.69) is 16.8 Å². The predicted octanol–water partition coefficient (Wildman–Crippen LogP) is 2.20. The van der Waals surface area contributed by atoms with Crippen molar-refractivity contribution >= 4 is 27.1 Å². The van der Waals surface area contributed by atoms with Gasteiger partial charge in [-0.2, -0.15) is 0 Å². The predicted molar refractivity (Wildman–Crippen MR) is 121 cm³/mol. The Balaban J connectivity index is 1.56. The fraction of sp³-hybridized carbons (Fsp3) is 0.435. The van der Waals surface area contributed by atoms with Gasteiger partial charge >= 0.3 is 0 Å². The summed E-state index contributed by atoms with van der Waals surface area (Å²) in [5.74, 6) is 0.121. The van der Waals surface area contributed by atoms with E-state index in [1.165, 1.54) is 0 Å². The lowest BCUT2D eigenvalue weighted by atomic mass is 10.1. The van der Waals surface area contributed by atoms with Crippen LogP contribution in [0, 0.1) is 0 Å². The number of sulfone groups is 1. The Labute approximate surface area is 179 Å². The Morgan fingerprint density at radius 1 is 1.00 bits per heavy atom. The highest BCUT2D eigenvalue weighted by Gasteiger charge is 2.35. The molecule has 4 rings (SSSR count). The number of anilines is 2. The fourth-order valence-corrected chi connectivity index (χ4v) is 5.98. The molecular formula is C23H29N3O3S. The largest absolute Gasteiger partial charge is 0.369 e. The molecule has 0 spiro atoms. The maximum atomic E-state index is 13.2. The van der Waals surface area contributed by atoms with Crippen molar-refractivity contribution in [2.45, 2.75) is 18.9 Å². The maximum Gasteiger partial charge on any atom is 0.231 e. The van der Waals surface area contributed by atoms with Gasteiger partial charge < -0.3 is 14.7 Å². The van der Waals surface area contributed by atoms with Crippen LogP contribution in [0.2, 0.25) is 0 Å². The second kappa shape index (κ2) is 8.78. The zero-order chi connectivity index (χ0) is 21.1. The Morgan fingerprint density at radius 3 is 2.27 bits per heavy atom. The average molecular weight is 428 g/mol. The van der Waals surface area contributed by atoms with Crippen molar-refractivity contribution in [3.8, 4) is 0 Å². The molecule has 1 amide bonds. The van der Waals surface area contributed by atoms with Gasteiger partial charge in [-0.3, -0.25) is 4.79 Å². The average Bonchev–Trinajstić information content (AvgIpc) is 3.09. The van der Waals surface area contributed by atoms with Crippen LogP contribution >= 0.6 is 0 Å². The summed E-state index contributed by atoms with van der Waals surface area (Å²) >= 11 is 0. The number of carbonyl (C=O) groups excluding carboxylic acids is 1. The molecule has 1 atom stereocenters. The number of piperazine rings is 1. The van der Waals surface area contributed by atoms with E-state index in [-0.39, 0.29) is 29.9 Å². The lowest BCUT2D eigenvalue weighted by Gasteiger charge is -2.34. The van der Waals surface area contributed by atoms with Crippen LogP contribution in [0.4, 0.5) is 11.4 Å². The molecule has 2 aliphatic heterocycles. The molecule has 1 unspecified atom stereocenters. The molecule has 0 aromatic heterocycles. The van der Waals surface area contributed by atoms with Gasteiger partial charge in [-0.05, 0) is 43.3 Å². The van der Waals surface area contributed by atoms with Crippen LogP contribution in [0.25, 0.3) is 0 Å². The molecule has 2 saturated heterocycles. The number of likely N-dealkylation sites (N-methyl/N-ethyl adjacent to an activating group) is 1. The van der Waals surface area contributed by atoms with E-state index in [0.29, 0.717) is 6.42 Å². The Hall–Kier alpha value is -2.38. The van der Waals surface area contributed by atoms with E-state index in [4.69, 9.17) is 0 Å². The van der Waals surface area contributed by atoms with Gasteiger partial charge in [-0.15, -0.1) is 0 Å². The van der Waals surface area contributed by atoms with Crippen molar-refractivity contribution in [2.75, 3.05) is 54.5 Å². The molecule has 7 heteroatoms. The quantitative estimate of drug-likeness (QED) is 0.732. The molecule has 2 heterocycles. The zero-order valence-corrected chi connectivity index (χ0v) is 18.2. The molecule has 0 aliphatic carbocycles. The third kappa shape index (κ3) is 4.84. The molecule has 2 aliphatic rings. The van der Waals surface area contributed by atoms with Crippen LogP contribution in [0.15, 0.2) is 54.6 Å². The number of amides is 1. The Morgan fingerprint density at radius 2 is 1.67 bits per heavy atom. The van der Waals surface area contributed by atoms with E-state index >= 15 is 0 Å². The standard InChI is InChI=1S/C23H29N3O3S/c1-24-12-14-25(15-13-24)20-7-9-21(10-8-20)26(22-11-16-30(28,29)18-22)23(27)17-19-5-3-2-4-6-19/h2-10,22H,11-18H2,1H3. The second-order valence-electron chi connectivity index (χ2n) is 8.29. The summed E-state index contributed by atoms with van der Waals surface area (Å²) in [6.07, 6.45) is 0.751. The number of rotatable bonds is 5. The van der Waals surface area contributed by atoms with Crippen molar-refractivity contribution in [3.05, 3.63) is 60.2 Å². The Bertz CT molecular complexity index is 969. The van der Waals surface area contributed by atoms with Crippen molar-refractivity contribution in [1.29, 1.82) is 0 Å². The van der Waals surface area contributed by atoms with Crippen LogP contribution in [0.3, 0.4) is 0 Å². The summed E-state index contributed by atoms with van der Waals surface area (Å²) in [5.41, 5.74) is 2.85. The minimum atomic E-state index is -3.09. The van der Waals surface area contributed by atoms with Crippen molar-refractivity contribution in [1.82, 2.24) is 4.90 Å². The van der Waals surface area contributed by atoms with Crippen molar-refractivity contribution < 1.29 is 13.2 Å². The molecule has 0 saturated carbocycles. The van der Waals surface area contributed by atoms with E-state index in [9.17, 15) is 13.2 Å². The highest BCUT2D eigenvalue weighted by Crippen LogP contribution is 2.28. The number of hydrogen-bond donors (Lipinski definition) is 0. The number of nitrogens with zero attached hydrogens (tertiary/aromatic N) is 3. The Kier molecular flexibility index (Phi) is 6.11. The number of carbonyl (C=O) groups is 1. The number of hydrogen-bond acceptors (Lipinski definition) is 5. The first-order valence-electron chi connectivity index (χ1n) is 10.5. The summed E-state index contributed by atoms with van der Waals surface area (Å²) in [5, 5.41) is 0. The summed E-state index contributed by atoms with van der Waals surface area (Å²) in [7, 11) is -0.961. The van der Waals surface area contributed by atoms with Gasteiger partial charge in [0.2, 0.25) is 5.91 Å². The first kappa shape index (κ1) is 20.9. The van der Waals surface area contributed by atoms with E-state index in [0.717, 1.165) is 43.1 Å². The third-order valence-corrected chi connectivity index (χ3v) is 7.79. The molecular weight excluding hydrogens is 398 g/mol.